The molecular formula is C52H38O2. The van der Waals surface area contributed by atoms with Crippen LogP contribution in [0.25, 0.3) is 88.4 Å². The van der Waals surface area contributed by atoms with E-state index in [0.717, 1.165) is 62.3 Å². The van der Waals surface area contributed by atoms with Crippen molar-refractivity contribution in [2.24, 2.45) is 23.7 Å². The highest BCUT2D eigenvalue weighted by Gasteiger charge is 2.61. The van der Waals surface area contributed by atoms with E-state index in [4.69, 9.17) is 8.83 Å². The Labute approximate surface area is 314 Å². The van der Waals surface area contributed by atoms with Crippen LogP contribution in [-0.4, -0.2) is 0 Å². The average Bonchev–Trinajstić information content (AvgIpc) is 3.88. The molecule has 0 atom stereocenters. The summed E-state index contributed by atoms with van der Waals surface area (Å²) in [4.78, 5) is 0. The summed E-state index contributed by atoms with van der Waals surface area (Å²) in [6.07, 6.45) is 7.04. The molecule has 5 aliphatic carbocycles. The maximum absolute atomic E-state index is 6.70. The Balaban J connectivity index is 0.973. The Bertz CT molecular complexity index is 2980. The van der Waals surface area contributed by atoms with Gasteiger partial charge in [-0.2, -0.15) is 0 Å². The van der Waals surface area contributed by atoms with Crippen molar-refractivity contribution in [3.63, 3.8) is 0 Å². The van der Waals surface area contributed by atoms with Gasteiger partial charge in [-0.15, -0.1) is 0 Å². The van der Waals surface area contributed by atoms with Crippen molar-refractivity contribution in [3.05, 3.63) is 157 Å². The summed E-state index contributed by atoms with van der Waals surface area (Å²) in [6, 6.07) is 53.8. The van der Waals surface area contributed by atoms with Gasteiger partial charge in [0.15, 0.2) is 0 Å². The van der Waals surface area contributed by atoms with Crippen LogP contribution in [0.3, 0.4) is 0 Å². The van der Waals surface area contributed by atoms with E-state index in [9.17, 15) is 0 Å². The Kier molecular flexibility index (Phi) is 5.83. The van der Waals surface area contributed by atoms with Crippen LogP contribution < -0.4 is 0 Å². The van der Waals surface area contributed by atoms with Crippen LogP contribution in [0.5, 0.6) is 0 Å². The number of rotatable bonds is 3. The molecule has 4 bridgehead atoms. The topological polar surface area (TPSA) is 26.3 Å². The molecule has 0 aliphatic heterocycles. The molecule has 4 saturated carbocycles. The predicted octanol–water partition coefficient (Wildman–Crippen LogP) is 14.2. The van der Waals surface area contributed by atoms with E-state index < -0.39 is 0 Å². The van der Waals surface area contributed by atoms with E-state index in [1.54, 1.807) is 11.1 Å². The fourth-order valence-corrected chi connectivity index (χ4v) is 12.5. The lowest BCUT2D eigenvalue weighted by atomic mass is 9.43. The standard InChI is InChI=1S/C52H38O2/c1-3-13-43-42(9-1)49-40(11-5-14-44(49)52(43)35-25-30-24-31(27-35)28-36(52)26-30)41-12-7-17-47-51(41)50-37(10-6-16-46(50)54-47)33-20-18-32(19-21-33)34-22-23-39-38-8-2-4-15-45(38)53-48(39)29-34/h1-23,29-31,35-36H,24-28H2. The Morgan fingerprint density at radius 1 is 0.389 bits per heavy atom. The fraction of sp³-hybridized carbons (Fsp3) is 0.192. The summed E-state index contributed by atoms with van der Waals surface area (Å²) in [5.74, 6) is 3.34. The van der Waals surface area contributed by atoms with Gasteiger partial charge in [0.05, 0.1) is 0 Å². The first-order valence-corrected chi connectivity index (χ1v) is 19.9. The normalized spacial score (nSPS) is 23.6. The molecule has 2 aromatic heterocycles. The van der Waals surface area contributed by atoms with E-state index in [2.05, 4.69) is 133 Å². The quantitative estimate of drug-likeness (QED) is 0.184. The molecule has 2 heterocycles. The molecule has 0 radical (unpaired) electrons. The van der Waals surface area contributed by atoms with Gasteiger partial charge in [-0.1, -0.05) is 115 Å². The summed E-state index contributed by atoms with van der Waals surface area (Å²) < 4.78 is 12.9. The van der Waals surface area contributed by atoms with Gasteiger partial charge in [0.25, 0.3) is 0 Å². The number of furan rings is 2. The second-order valence-electron chi connectivity index (χ2n) is 16.8. The van der Waals surface area contributed by atoms with Crippen LogP contribution in [-0.2, 0) is 5.41 Å². The van der Waals surface area contributed by atoms with E-state index >= 15 is 0 Å². The highest BCUT2D eigenvalue weighted by atomic mass is 16.3. The van der Waals surface area contributed by atoms with Crippen LogP contribution >= 0.6 is 0 Å². The van der Waals surface area contributed by atoms with Crippen molar-refractivity contribution in [2.45, 2.75) is 37.5 Å². The smallest absolute Gasteiger partial charge is 0.136 e. The Hall–Kier alpha value is -5.86. The summed E-state index contributed by atoms with van der Waals surface area (Å²) in [7, 11) is 0. The molecule has 4 fully saturated rings. The third-order valence-corrected chi connectivity index (χ3v) is 14.3. The second-order valence-corrected chi connectivity index (χ2v) is 16.8. The molecule has 0 saturated heterocycles. The first kappa shape index (κ1) is 29.6. The zero-order chi connectivity index (χ0) is 35.1. The average molecular weight is 695 g/mol. The molecule has 258 valence electrons. The molecule has 0 N–H and O–H groups in total. The van der Waals surface area contributed by atoms with Gasteiger partial charge in [-0.05, 0) is 142 Å². The van der Waals surface area contributed by atoms with E-state index in [-0.39, 0.29) is 5.41 Å². The molecule has 2 heteroatoms. The monoisotopic (exact) mass is 694 g/mol. The Morgan fingerprint density at radius 3 is 1.76 bits per heavy atom. The first-order chi connectivity index (χ1) is 26.7. The molecule has 9 aromatic rings. The Morgan fingerprint density at radius 2 is 0.944 bits per heavy atom. The van der Waals surface area contributed by atoms with Gasteiger partial charge < -0.3 is 8.83 Å². The lowest BCUT2D eigenvalue weighted by Gasteiger charge is -2.61. The molecule has 1 spiro atoms. The zero-order valence-electron chi connectivity index (χ0n) is 30.0. The highest BCUT2D eigenvalue weighted by molar-refractivity contribution is 6.19. The lowest BCUT2D eigenvalue weighted by Crippen LogP contribution is -2.55. The van der Waals surface area contributed by atoms with Crippen molar-refractivity contribution in [3.8, 4) is 44.5 Å². The third kappa shape index (κ3) is 3.81. The van der Waals surface area contributed by atoms with Crippen molar-refractivity contribution in [1.29, 1.82) is 0 Å². The first-order valence-electron chi connectivity index (χ1n) is 19.9. The van der Waals surface area contributed by atoms with Crippen LogP contribution in [0.2, 0.25) is 0 Å². The highest BCUT2D eigenvalue weighted by Crippen LogP contribution is 2.70. The number of fused-ring (bicyclic) bond motifs is 9. The van der Waals surface area contributed by atoms with Crippen molar-refractivity contribution in [1.82, 2.24) is 0 Å². The summed E-state index contributed by atoms with van der Waals surface area (Å²) in [5, 5.41) is 4.71. The van der Waals surface area contributed by atoms with E-state index in [1.807, 2.05) is 12.1 Å². The molecule has 54 heavy (non-hydrogen) atoms. The van der Waals surface area contributed by atoms with Gasteiger partial charge in [0, 0.05) is 27.0 Å². The fourth-order valence-electron chi connectivity index (χ4n) is 12.5. The van der Waals surface area contributed by atoms with Gasteiger partial charge in [-0.25, -0.2) is 0 Å². The van der Waals surface area contributed by atoms with Crippen LogP contribution in [0, 0.1) is 23.7 Å². The van der Waals surface area contributed by atoms with Crippen molar-refractivity contribution in [2.75, 3.05) is 0 Å². The minimum atomic E-state index is 0.142. The van der Waals surface area contributed by atoms with Crippen molar-refractivity contribution >= 4 is 43.9 Å². The largest absolute Gasteiger partial charge is 0.456 e. The molecule has 7 aromatic carbocycles. The molecule has 2 nitrogen and oxygen atoms in total. The molecule has 5 aliphatic rings. The summed E-state index contributed by atoms with van der Waals surface area (Å²) in [5.41, 5.74) is 17.3. The van der Waals surface area contributed by atoms with E-state index in [0.29, 0.717) is 0 Å². The van der Waals surface area contributed by atoms with Crippen LogP contribution in [0.15, 0.2) is 154 Å². The second kappa shape index (κ2) is 10.6. The van der Waals surface area contributed by atoms with Crippen LogP contribution in [0.4, 0.5) is 0 Å². The number of hydrogen-bond donors (Lipinski definition) is 0. The molecule has 0 unspecified atom stereocenters. The van der Waals surface area contributed by atoms with Gasteiger partial charge in [0.2, 0.25) is 0 Å². The van der Waals surface area contributed by atoms with Gasteiger partial charge >= 0.3 is 0 Å². The minimum Gasteiger partial charge on any atom is -0.456 e. The predicted molar refractivity (Wildman–Crippen MR) is 221 cm³/mol. The van der Waals surface area contributed by atoms with Crippen molar-refractivity contribution < 1.29 is 8.83 Å². The molecule has 14 rings (SSSR count). The minimum absolute atomic E-state index is 0.142. The van der Waals surface area contributed by atoms with Gasteiger partial charge in [0.1, 0.15) is 22.3 Å². The van der Waals surface area contributed by atoms with E-state index in [1.165, 1.54) is 81.8 Å². The molecular weight excluding hydrogens is 657 g/mol. The number of para-hydroxylation sites is 1. The summed E-state index contributed by atoms with van der Waals surface area (Å²) in [6.45, 7) is 0. The van der Waals surface area contributed by atoms with Gasteiger partial charge in [-0.3, -0.25) is 0 Å². The lowest BCUT2D eigenvalue weighted by molar-refractivity contribution is -0.0399. The maximum Gasteiger partial charge on any atom is 0.136 e. The maximum atomic E-state index is 6.70. The SMILES string of the molecule is c1ccc2c(c1)-c1c(-c3cccc4oc5cccc(-c6ccc(-c7ccc8c(c7)oc7ccccc78)cc6)c5c34)cccc1C21C2CC3CC(C2)CC1C3. The van der Waals surface area contributed by atoms with Crippen LogP contribution in [0.1, 0.15) is 43.2 Å². The molecule has 0 amide bonds. The summed E-state index contributed by atoms with van der Waals surface area (Å²) >= 11 is 0. The number of benzene rings is 7. The third-order valence-electron chi connectivity index (χ3n) is 14.3. The zero-order valence-corrected chi connectivity index (χ0v) is 30.0. The number of hydrogen-bond acceptors (Lipinski definition) is 2.